The van der Waals surface area contributed by atoms with Crippen LogP contribution in [-0.4, -0.2) is 23.1 Å². The fourth-order valence-corrected chi connectivity index (χ4v) is 0.887. The third-order valence-electron chi connectivity index (χ3n) is 1.39. The highest BCUT2D eigenvalue weighted by Crippen LogP contribution is 1.93. The molecule has 4 nitrogen and oxygen atoms in total. The highest BCUT2D eigenvalue weighted by Gasteiger charge is 1.93. The van der Waals surface area contributed by atoms with Gasteiger partial charge in [-0.15, -0.1) is 0 Å². The van der Waals surface area contributed by atoms with Crippen molar-refractivity contribution in [1.82, 2.24) is 15.3 Å². The zero-order valence-electron chi connectivity index (χ0n) is 6.72. The van der Waals surface area contributed by atoms with Gasteiger partial charge in [0.15, 0.2) is 0 Å². The lowest BCUT2D eigenvalue weighted by Crippen LogP contribution is -2.21. The number of H-pyrrole nitrogens is 1. The summed E-state index contributed by atoms with van der Waals surface area (Å²) in [5.41, 5.74) is 6.42. The Morgan fingerprint density at radius 1 is 1.73 bits per heavy atom. The summed E-state index contributed by atoms with van der Waals surface area (Å²) >= 11 is 0. The van der Waals surface area contributed by atoms with Crippen LogP contribution in [0.15, 0.2) is 6.20 Å². The molecule has 0 saturated heterocycles. The van der Waals surface area contributed by atoms with Crippen molar-refractivity contribution in [2.45, 2.75) is 13.5 Å². The summed E-state index contributed by atoms with van der Waals surface area (Å²) in [6.45, 7) is 4.27. The minimum atomic E-state index is 0.674. The molecule has 0 radical (unpaired) electrons. The lowest BCUT2D eigenvalue weighted by atomic mass is 10.4. The predicted molar refractivity (Wildman–Crippen MR) is 44.1 cm³/mol. The molecule has 1 aromatic rings. The fraction of sp³-hybridized carbons (Fsp3) is 0.571. The van der Waals surface area contributed by atoms with Crippen LogP contribution in [0, 0.1) is 6.92 Å². The summed E-state index contributed by atoms with van der Waals surface area (Å²) in [5, 5.41) is 3.17. The molecule has 1 heterocycles. The Kier molecular flexibility index (Phi) is 3.07. The second-order valence-corrected chi connectivity index (χ2v) is 2.46. The third kappa shape index (κ3) is 2.69. The molecule has 0 unspecified atom stereocenters. The van der Waals surface area contributed by atoms with Crippen molar-refractivity contribution in [3.8, 4) is 0 Å². The number of nitrogens with zero attached hydrogens (tertiary/aromatic N) is 1. The number of rotatable bonds is 4. The summed E-state index contributed by atoms with van der Waals surface area (Å²) in [7, 11) is 0. The lowest BCUT2D eigenvalue weighted by molar-refractivity contribution is 0.684. The Balaban J connectivity index is 2.27. The monoisotopic (exact) mass is 154 g/mol. The second kappa shape index (κ2) is 4.10. The van der Waals surface area contributed by atoms with E-state index in [1.807, 2.05) is 13.1 Å². The molecule has 4 heteroatoms. The second-order valence-electron chi connectivity index (χ2n) is 2.46. The Hall–Kier alpha value is -0.870. The Morgan fingerprint density at radius 2 is 2.55 bits per heavy atom. The zero-order chi connectivity index (χ0) is 8.10. The van der Waals surface area contributed by atoms with Crippen molar-refractivity contribution >= 4 is 0 Å². The maximum Gasteiger partial charge on any atom is 0.103 e. The van der Waals surface area contributed by atoms with Gasteiger partial charge in [0.1, 0.15) is 5.82 Å². The smallest absolute Gasteiger partial charge is 0.103 e. The summed E-state index contributed by atoms with van der Waals surface area (Å²) < 4.78 is 0. The predicted octanol–water partition coefficient (Wildman–Crippen LogP) is -0.234. The van der Waals surface area contributed by atoms with Crippen LogP contribution >= 0.6 is 0 Å². The molecule has 0 aliphatic heterocycles. The molecule has 11 heavy (non-hydrogen) atoms. The molecule has 0 bridgehead atoms. The van der Waals surface area contributed by atoms with Gasteiger partial charge in [0.05, 0.1) is 0 Å². The van der Waals surface area contributed by atoms with E-state index in [1.54, 1.807) is 0 Å². The van der Waals surface area contributed by atoms with Crippen LogP contribution in [0.25, 0.3) is 0 Å². The summed E-state index contributed by atoms with van der Waals surface area (Å²) in [6, 6.07) is 0. The van der Waals surface area contributed by atoms with Gasteiger partial charge in [0, 0.05) is 31.5 Å². The van der Waals surface area contributed by atoms with E-state index in [1.165, 1.54) is 0 Å². The van der Waals surface area contributed by atoms with Crippen LogP contribution in [0.2, 0.25) is 0 Å². The van der Waals surface area contributed by atoms with E-state index in [0.717, 1.165) is 24.6 Å². The van der Waals surface area contributed by atoms with Crippen LogP contribution in [0.1, 0.15) is 11.5 Å². The van der Waals surface area contributed by atoms with E-state index in [0.29, 0.717) is 6.54 Å². The first-order chi connectivity index (χ1) is 5.33. The van der Waals surface area contributed by atoms with E-state index in [2.05, 4.69) is 15.3 Å². The standard InChI is InChI=1S/C7H14N4/c1-6-10-5-7(11-6)4-9-3-2-8/h5,9H,2-4,8H2,1H3,(H,10,11). The van der Waals surface area contributed by atoms with Crippen LogP contribution < -0.4 is 11.1 Å². The number of nitrogens with one attached hydrogen (secondary N) is 2. The fourth-order valence-electron chi connectivity index (χ4n) is 0.887. The molecule has 4 N–H and O–H groups in total. The van der Waals surface area contributed by atoms with Gasteiger partial charge >= 0.3 is 0 Å². The van der Waals surface area contributed by atoms with Crippen LogP contribution in [0.3, 0.4) is 0 Å². The first-order valence-corrected chi connectivity index (χ1v) is 3.74. The van der Waals surface area contributed by atoms with Gasteiger partial charge in [0.25, 0.3) is 0 Å². The van der Waals surface area contributed by atoms with Crippen molar-refractivity contribution in [3.63, 3.8) is 0 Å². The minimum absolute atomic E-state index is 0.674. The average Bonchev–Trinajstić information content (AvgIpc) is 2.37. The Morgan fingerprint density at radius 3 is 3.09 bits per heavy atom. The molecule has 0 fully saturated rings. The molecule has 0 aliphatic carbocycles. The summed E-state index contributed by atoms with van der Waals surface area (Å²) in [4.78, 5) is 7.19. The number of hydrogen-bond donors (Lipinski definition) is 3. The average molecular weight is 154 g/mol. The van der Waals surface area contributed by atoms with Crippen molar-refractivity contribution in [2.75, 3.05) is 13.1 Å². The first-order valence-electron chi connectivity index (χ1n) is 3.74. The van der Waals surface area contributed by atoms with Crippen LogP contribution in [0.5, 0.6) is 0 Å². The number of aromatic nitrogens is 2. The summed E-state index contributed by atoms with van der Waals surface area (Å²) in [6.07, 6.45) is 1.83. The topological polar surface area (TPSA) is 66.7 Å². The van der Waals surface area contributed by atoms with Crippen LogP contribution in [-0.2, 0) is 6.54 Å². The quantitative estimate of drug-likeness (QED) is 0.525. The molecule has 0 atom stereocenters. The number of aryl methyl sites for hydroxylation is 1. The molecule has 0 aliphatic rings. The molecule has 1 rings (SSSR count). The van der Waals surface area contributed by atoms with Crippen molar-refractivity contribution in [1.29, 1.82) is 0 Å². The van der Waals surface area contributed by atoms with Gasteiger partial charge < -0.3 is 16.0 Å². The van der Waals surface area contributed by atoms with Gasteiger partial charge in [-0.2, -0.15) is 0 Å². The largest absolute Gasteiger partial charge is 0.345 e. The molecule has 62 valence electrons. The van der Waals surface area contributed by atoms with Gasteiger partial charge in [0.2, 0.25) is 0 Å². The van der Waals surface area contributed by atoms with Gasteiger partial charge in [-0.3, -0.25) is 0 Å². The normalized spacial score (nSPS) is 10.4. The Bertz CT molecular complexity index is 206. The molecule has 0 saturated carbocycles. The first kappa shape index (κ1) is 8.23. The summed E-state index contributed by atoms with van der Waals surface area (Å²) in [5.74, 6) is 0.953. The molecular formula is C7H14N4. The molecule has 1 aromatic heterocycles. The van der Waals surface area contributed by atoms with Crippen LogP contribution in [0.4, 0.5) is 0 Å². The highest BCUT2D eigenvalue weighted by atomic mass is 15.0. The van der Waals surface area contributed by atoms with Gasteiger partial charge in [-0.25, -0.2) is 4.98 Å². The number of hydrogen-bond acceptors (Lipinski definition) is 3. The number of aromatic amines is 1. The maximum absolute atomic E-state index is 5.31. The maximum atomic E-state index is 5.31. The zero-order valence-corrected chi connectivity index (χ0v) is 6.72. The van der Waals surface area contributed by atoms with E-state index < -0.39 is 0 Å². The molecule has 0 amide bonds. The number of nitrogens with two attached hydrogens (primary N) is 1. The van der Waals surface area contributed by atoms with Gasteiger partial charge in [-0.05, 0) is 6.92 Å². The van der Waals surface area contributed by atoms with E-state index >= 15 is 0 Å². The Labute approximate surface area is 66.2 Å². The highest BCUT2D eigenvalue weighted by molar-refractivity contribution is 4.98. The van der Waals surface area contributed by atoms with E-state index in [9.17, 15) is 0 Å². The van der Waals surface area contributed by atoms with Gasteiger partial charge in [-0.1, -0.05) is 0 Å². The minimum Gasteiger partial charge on any atom is -0.345 e. The van der Waals surface area contributed by atoms with E-state index in [-0.39, 0.29) is 0 Å². The number of imidazole rings is 1. The van der Waals surface area contributed by atoms with Crippen molar-refractivity contribution < 1.29 is 0 Å². The molecule has 0 spiro atoms. The van der Waals surface area contributed by atoms with Crippen molar-refractivity contribution in [2.24, 2.45) is 5.73 Å². The third-order valence-corrected chi connectivity index (χ3v) is 1.39. The van der Waals surface area contributed by atoms with E-state index in [4.69, 9.17) is 5.73 Å². The van der Waals surface area contributed by atoms with Crippen molar-refractivity contribution in [3.05, 3.63) is 17.7 Å². The molecule has 0 aromatic carbocycles. The molecular weight excluding hydrogens is 140 g/mol. The SMILES string of the molecule is Cc1ncc(CNCCN)[nH]1. The lowest BCUT2D eigenvalue weighted by Gasteiger charge is -1.98.